The lowest BCUT2D eigenvalue weighted by atomic mass is 9.84. The molecule has 1 amide bonds. The van der Waals surface area contributed by atoms with Crippen molar-refractivity contribution in [3.05, 3.63) is 47.5 Å². The van der Waals surface area contributed by atoms with Gasteiger partial charge in [0.2, 0.25) is 5.91 Å². The Morgan fingerprint density at radius 2 is 1.86 bits per heavy atom. The molecule has 0 bridgehead atoms. The summed E-state index contributed by atoms with van der Waals surface area (Å²) in [5, 5.41) is 12.6. The molecular formula is C17H15NO4. The van der Waals surface area contributed by atoms with Crippen LogP contribution in [0.2, 0.25) is 0 Å². The quantitative estimate of drug-likeness (QED) is 0.849. The van der Waals surface area contributed by atoms with Crippen molar-refractivity contribution in [2.75, 3.05) is 18.5 Å². The fourth-order valence-electron chi connectivity index (χ4n) is 3.04. The van der Waals surface area contributed by atoms with E-state index in [-0.39, 0.29) is 17.6 Å². The molecule has 2 aromatic rings. The first-order valence-corrected chi connectivity index (χ1v) is 7.23. The monoisotopic (exact) mass is 297 g/mol. The molecule has 112 valence electrons. The number of phenolic OH excluding ortho intramolecular Hbond substituents is 1. The highest BCUT2D eigenvalue weighted by molar-refractivity contribution is 5.96. The lowest BCUT2D eigenvalue weighted by Gasteiger charge is -2.29. The summed E-state index contributed by atoms with van der Waals surface area (Å²) in [5.74, 6) is 1.40. The molecule has 2 aromatic carbocycles. The van der Waals surface area contributed by atoms with Gasteiger partial charge in [-0.3, -0.25) is 4.79 Å². The van der Waals surface area contributed by atoms with Crippen molar-refractivity contribution in [2.24, 2.45) is 0 Å². The maximum atomic E-state index is 12.0. The van der Waals surface area contributed by atoms with Gasteiger partial charge in [-0.2, -0.15) is 0 Å². The minimum atomic E-state index is -0.105. The predicted molar refractivity (Wildman–Crippen MR) is 80.6 cm³/mol. The van der Waals surface area contributed by atoms with Gasteiger partial charge in [0.15, 0.2) is 11.5 Å². The van der Waals surface area contributed by atoms with Gasteiger partial charge in [0.25, 0.3) is 0 Å². The third-order valence-corrected chi connectivity index (χ3v) is 4.03. The Bertz CT molecular complexity index is 756. The summed E-state index contributed by atoms with van der Waals surface area (Å²) >= 11 is 0. The zero-order valence-electron chi connectivity index (χ0n) is 11.8. The molecule has 0 unspecified atom stereocenters. The number of carbonyl (C=O) groups excluding carboxylic acids is 1. The summed E-state index contributed by atoms with van der Waals surface area (Å²) in [7, 11) is 0. The molecule has 0 radical (unpaired) electrons. The van der Waals surface area contributed by atoms with E-state index in [0.29, 0.717) is 31.1 Å². The number of fused-ring (bicyclic) bond motifs is 2. The second-order valence-corrected chi connectivity index (χ2v) is 5.48. The summed E-state index contributed by atoms with van der Waals surface area (Å²) in [4.78, 5) is 12.0. The average Bonchev–Trinajstić information content (AvgIpc) is 2.52. The number of aromatic hydroxyl groups is 1. The summed E-state index contributed by atoms with van der Waals surface area (Å²) in [6.45, 7) is 1.03. The van der Waals surface area contributed by atoms with Crippen molar-refractivity contribution in [3.8, 4) is 17.2 Å². The number of hydrogen-bond donors (Lipinski definition) is 2. The van der Waals surface area contributed by atoms with Crippen molar-refractivity contribution in [1.82, 2.24) is 0 Å². The normalized spacial score (nSPS) is 19.3. The maximum absolute atomic E-state index is 12.0. The zero-order chi connectivity index (χ0) is 15.1. The van der Waals surface area contributed by atoms with Crippen LogP contribution in [-0.4, -0.2) is 24.2 Å². The Labute approximate surface area is 127 Å². The van der Waals surface area contributed by atoms with Crippen molar-refractivity contribution >= 4 is 11.6 Å². The van der Waals surface area contributed by atoms with Gasteiger partial charge in [-0.1, -0.05) is 12.1 Å². The number of carbonyl (C=O) groups is 1. The molecule has 22 heavy (non-hydrogen) atoms. The van der Waals surface area contributed by atoms with Gasteiger partial charge in [-0.15, -0.1) is 0 Å². The van der Waals surface area contributed by atoms with Gasteiger partial charge < -0.3 is 19.9 Å². The van der Waals surface area contributed by atoms with Gasteiger partial charge in [0, 0.05) is 24.1 Å². The lowest BCUT2D eigenvalue weighted by molar-refractivity contribution is -0.116. The third kappa shape index (κ3) is 2.15. The minimum Gasteiger partial charge on any atom is -0.508 e. The van der Waals surface area contributed by atoms with E-state index in [9.17, 15) is 9.90 Å². The first-order chi connectivity index (χ1) is 10.7. The van der Waals surface area contributed by atoms with E-state index in [0.717, 1.165) is 16.8 Å². The number of amides is 1. The van der Waals surface area contributed by atoms with Crippen LogP contribution < -0.4 is 14.8 Å². The predicted octanol–water partition coefficient (Wildman–Crippen LogP) is 2.64. The maximum Gasteiger partial charge on any atom is 0.225 e. The largest absolute Gasteiger partial charge is 0.508 e. The second kappa shape index (κ2) is 4.94. The number of nitrogens with one attached hydrogen (secondary N) is 1. The number of benzene rings is 2. The van der Waals surface area contributed by atoms with Gasteiger partial charge >= 0.3 is 0 Å². The average molecular weight is 297 g/mol. The van der Waals surface area contributed by atoms with E-state index >= 15 is 0 Å². The van der Waals surface area contributed by atoms with Crippen LogP contribution in [0.1, 0.15) is 23.5 Å². The highest BCUT2D eigenvalue weighted by Gasteiger charge is 2.29. The number of anilines is 1. The molecule has 0 saturated carbocycles. The number of ether oxygens (including phenoxy) is 2. The summed E-state index contributed by atoms with van der Waals surface area (Å²) < 4.78 is 11.2. The Hall–Kier alpha value is -2.69. The van der Waals surface area contributed by atoms with Crippen LogP contribution in [0.5, 0.6) is 17.2 Å². The standard InChI is InChI=1S/C17H15NO4/c19-11-3-1-2-10(6-11)12-8-17(20)18-14-9-16-15(7-13(12)14)21-4-5-22-16/h1-3,6-7,9,12,19H,4-5,8H2,(H,18,20)/t12-/m0/s1. The summed E-state index contributed by atoms with van der Waals surface area (Å²) in [6, 6.07) is 10.8. The molecule has 0 fully saturated rings. The highest BCUT2D eigenvalue weighted by Crippen LogP contribution is 2.44. The SMILES string of the molecule is O=C1C[C@@H](c2cccc(O)c2)c2cc3c(cc2N1)OCCO3. The van der Waals surface area contributed by atoms with Gasteiger partial charge in [-0.05, 0) is 29.3 Å². The molecular weight excluding hydrogens is 282 g/mol. The Morgan fingerprint density at radius 1 is 1.09 bits per heavy atom. The number of rotatable bonds is 1. The molecule has 2 N–H and O–H groups in total. The first-order valence-electron chi connectivity index (χ1n) is 7.23. The van der Waals surface area contributed by atoms with E-state index in [1.54, 1.807) is 18.2 Å². The first kappa shape index (κ1) is 13.0. The van der Waals surface area contributed by atoms with E-state index in [1.807, 2.05) is 18.2 Å². The van der Waals surface area contributed by atoms with Crippen LogP contribution in [0.4, 0.5) is 5.69 Å². The van der Waals surface area contributed by atoms with Gasteiger partial charge in [0.05, 0.1) is 0 Å². The van der Waals surface area contributed by atoms with Gasteiger partial charge in [-0.25, -0.2) is 0 Å². The molecule has 0 aromatic heterocycles. The van der Waals surface area contributed by atoms with Crippen LogP contribution in [0, 0.1) is 0 Å². The van der Waals surface area contributed by atoms with Crippen LogP contribution in [-0.2, 0) is 4.79 Å². The lowest BCUT2D eigenvalue weighted by Crippen LogP contribution is -2.24. The minimum absolute atomic E-state index is 0.0440. The van der Waals surface area contributed by atoms with Crippen LogP contribution in [0.15, 0.2) is 36.4 Å². The number of phenols is 1. The van der Waals surface area contributed by atoms with Crippen LogP contribution in [0.3, 0.4) is 0 Å². The molecule has 0 saturated heterocycles. The summed E-state index contributed by atoms with van der Waals surface area (Å²) in [6.07, 6.45) is 0.343. The highest BCUT2D eigenvalue weighted by atomic mass is 16.6. The van der Waals surface area contributed by atoms with Crippen molar-refractivity contribution in [1.29, 1.82) is 0 Å². The van der Waals surface area contributed by atoms with Gasteiger partial charge in [0.1, 0.15) is 19.0 Å². The van der Waals surface area contributed by atoms with Crippen LogP contribution in [0.25, 0.3) is 0 Å². The fraction of sp³-hybridized carbons (Fsp3) is 0.235. The Morgan fingerprint density at radius 3 is 2.64 bits per heavy atom. The fourth-order valence-corrected chi connectivity index (χ4v) is 3.04. The van der Waals surface area contributed by atoms with E-state index in [1.165, 1.54) is 0 Å². The van der Waals surface area contributed by atoms with Crippen molar-refractivity contribution in [3.63, 3.8) is 0 Å². The smallest absolute Gasteiger partial charge is 0.225 e. The van der Waals surface area contributed by atoms with E-state index < -0.39 is 0 Å². The van der Waals surface area contributed by atoms with Crippen LogP contribution >= 0.6 is 0 Å². The zero-order valence-corrected chi connectivity index (χ0v) is 11.8. The molecule has 2 aliphatic heterocycles. The topological polar surface area (TPSA) is 67.8 Å². The molecule has 4 rings (SSSR count). The number of hydrogen-bond acceptors (Lipinski definition) is 4. The molecule has 2 heterocycles. The molecule has 2 aliphatic rings. The molecule has 0 spiro atoms. The molecule has 5 nitrogen and oxygen atoms in total. The second-order valence-electron chi connectivity index (χ2n) is 5.48. The van der Waals surface area contributed by atoms with Crippen molar-refractivity contribution < 1.29 is 19.4 Å². The molecule has 5 heteroatoms. The Kier molecular flexibility index (Phi) is 2.92. The van der Waals surface area contributed by atoms with E-state index in [2.05, 4.69) is 5.32 Å². The van der Waals surface area contributed by atoms with Crippen molar-refractivity contribution in [2.45, 2.75) is 12.3 Å². The Balaban J connectivity index is 1.84. The van der Waals surface area contributed by atoms with E-state index in [4.69, 9.17) is 9.47 Å². The molecule has 1 atom stereocenters. The third-order valence-electron chi connectivity index (χ3n) is 4.03. The molecule has 0 aliphatic carbocycles. The summed E-state index contributed by atoms with van der Waals surface area (Å²) in [5.41, 5.74) is 2.64.